The van der Waals surface area contributed by atoms with Crippen LogP contribution in [0.5, 0.6) is 0 Å². The van der Waals surface area contributed by atoms with Crippen molar-refractivity contribution in [1.29, 1.82) is 0 Å². The lowest BCUT2D eigenvalue weighted by molar-refractivity contribution is -0.122. The third kappa shape index (κ3) is 5.58. The van der Waals surface area contributed by atoms with Crippen LogP contribution in [0.25, 0.3) is 5.69 Å². The van der Waals surface area contributed by atoms with E-state index in [1.807, 2.05) is 47.4 Å². The summed E-state index contributed by atoms with van der Waals surface area (Å²) in [6.45, 7) is 4.89. The number of piperidine rings is 1. The van der Waals surface area contributed by atoms with E-state index in [0.29, 0.717) is 24.8 Å². The van der Waals surface area contributed by atoms with E-state index in [1.165, 1.54) is 12.8 Å². The molecule has 2 N–H and O–H groups in total. The summed E-state index contributed by atoms with van der Waals surface area (Å²) >= 11 is 0. The van der Waals surface area contributed by atoms with Crippen LogP contribution in [0.1, 0.15) is 31.7 Å². The number of rotatable bonds is 6. The Morgan fingerprint density at radius 1 is 1.32 bits per heavy atom. The Balaban J connectivity index is 0.00000225. The van der Waals surface area contributed by atoms with Gasteiger partial charge < -0.3 is 10.6 Å². The van der Waals surface area contributed by atoms with Crippen LogP contribution in [0.4, 0.5) is 0 Å². The number of amides is 1. The van der Waals surface area contributed by atoms with Crippen LogP contribution in [0.2, 0.25) is 0 Å². The average molecular weight is 363 g/mol. The van der Waals surface area contributed by atoms with Gasteiger partial charge in [0.1, 0.15) is 0 Å². The Morgan fingerprint density at radius 3 is 2.76 bits per heavy atom. The summed E-state index contributed by atoms with van der Waals surface area (Å²) < 4.78 is 1.83. The molecule has 3 rings (SSSR count). The van der Waals surface area contributed by atoms with E-state index in [9.17, 15) is 4.79 Å². The first-order valence-electron chi connectivity index (χ1n) is 8.79. The molecule has 1 amide bonds. The van der Waals surface area contributed by atoms with Crippen molar-refractivity contribution in [3.63, 3.8) is 0 Å². The van der Waals surface area contributed by atoms with Crippen molar-refractivity contribution in [2.45, 2.75) is 32.7 Å². The minimum Gasteiger partial charge on any atom is -0.352 e. The van der Waals surface area contributed by atoms with Crippen LogP contribution < -0.4 is 10.6 Å². The summed E-state index contributed by atoms with van der Waals surface area (Å²) in [5, 5.41) is 10.8. The molecule has 1 aliphatic rings. The molecule has 25 heavy (non-hydrogen) atoms. The first-order valence-corrected chi connectivity index (χ1v) is 8.79. The molecule has 0 saturated carbocycles. The number of aromatic nitrogens is 2. The van der Waals surface area contributed by atoms with Crippen molar-refractivity contribution < 1.29 is 4.79 Å². The quantitative estimate of drug-likeness (QED) is 0.830. The Kier molecular flexibility index (Phi) is 7.47. The van der Waals surface area contributed by atoms with Gasteiger partial charge >= 0.3 is 0 Å². The molecule has 1 aromatic carbocycles. The zero-order valence-electron chi connectivity index (χ0n) is 14.6. The van der Waals surface area contributed by atoms with Gasteiger partial charge in [-0.05, 0) is 49.9 Å². The Bertz CT molecular complexity index is 652. The van der Waals surface area contributed by atoms with E-state index in [4.69, 9.17) is 0 Å². The van der Waals surface area contributed by atoms with Crippen LogP contribution in [0, 0.1) is 11.8 Å². The molecule has 1 fully saturated rings. The second kappa shape index (κ2) is 9.59. The van der Waals surface area contributed by atoms with Crippen LogP contribution in [-0.4, -0.2) is 28.8 Å². The van der Waals surface area contributed by atoms with Gasteiger partial charge in [-0.3, -0.25) is 4.79 Å². The zero-order valence-corrected chi connectivity index (χ0v) is 15.5. The standard InChI is InChI=1S/C19H26N4O.ClH/c1-15(17-7-9-20-10-8-17)11-19(24)21-12-16-13-22-23(14-16)18-5-3-2-4-6-18;/h2-6,13-15,17,20H,7-12H2,1H3,(H,21,24);1H. The molecule has 1 atom stereocenters. The molecule has 1 aromatic heterocycles. The lowest BCUT2D eigenvalue weighted by Crippen LogP contribution is -2.33. The highest BCUT2D eigenvalue weighted by atomic mass is 35.5. The van der Waals surface area contributed by atoms with Crippen molar-refractivity contribution >= 4 is 18.3 Å². The van der Waals surface area contributed by atoms with E-state index < -0.39 is 0 Å². The molecule has 2 aromatic rings. The Labute approximate surface area is 155 Å². The Hall–Kier alpha value is -1.85. The highest BCUT2D eigenvalue weighted by Gasteiger charge is 2.21. The molecule has 0 radical (unpaired) electrons. The van der Waals surface area contributed by atoms with E-state index in [2.05, 4.69) is 22.7 Å². The molecule has 1 unspecified atom stereocenters. The summed E-state index contributed by atoms with van der Waals surface area (Å²) in [6.07, 6.45) is 6.74. The van der Waals surface area contributed by atoms with Crippen molar-refractivity contribution in [3.05, 3.63) is 48.3 Å². The molecule has 0 spiro atoms. The molecule has 136 valence electrons. The van der Waals surface area contributed by atoms with Gasteiger partial charge in [-0.2, -0.15) is 5.10 Å². The summed E-state index contributed by atoms with van der Waals surface area (Å²) in [5.41, 5.74) is 2.04. The minimum atomic E-state index is 0. The number of para-hydroxylation sites is 1. The van der Waals surface area contributed by atoms with E-state index in [0.717, 1.165) is 24.3 Å². The molecule has 6 heteroatoms. The second-order valence-electron chi connectivity index (χ2n) is 6.67. The number of hydrogen-bond donors (Lipinski definition) is 2. The summed E-state index contributed by atoms with van der Waals surface area (Å²) in [4.78, 5) is 12.2. The highest BCUT2D eigenvalue weighted by molar-refractivity contribution is 5.85. The smallest absolute Gasteiger partial charge is 0.220 e. The maximum Gasteiger partial charge on any atom is 0.220 e. The van der Waals surface area contributed by atoms with Gasteiger partial charge in [-0.25, -0.2) is 4.68 Å². The monoisotopic (exact) mass is 362 g/mol. The number of benzene rings is 1. The van der Waals surface area contributed by atoms with Gasteiger partial charge in [0.25, 0.3) is 0 Å². The summed E-state index contributed by atoms with van der Waals surface area (Å²) in [6, 6.07) is 9.98. The Morgan fingerprint density at radius 2 is 2.04 bits per heavy atom. The fraction of sp³-hybridized carbons (Fsp3) is 0.474. The van der Waals surface area contributed by atoms with Crippen molar-refractivity contribution in [2.24, 2.45) is 11.8 Å². The van der Waals surface area contributed by atoms with Gasteiger partial charge in [0.2, 0.25) is 5.91 Å². The van der Waals surface area contributed by atoms with Crippen molar-refractivity contribution in [1.82, 2.24) is 20.4 Å². The molecule has 0 aliphatic carbocycles. The van der Waals surface area contributed by atoms with Crippen LogP contribution >= 0.6 is 12.4 Å². The highest BCUT2D eigenvalue weighted by Crippen LogP contribution is 2.24. The number of nitrogens with zero attached hydrogens (tertiary/aromatic N) is 2. The average Bonchev–Trinajstić information content (AvgIpc) is 3.10. The number of nitrogens with one attached hydrogen (secondary N) is 2. The van der Waals surface area contributed by atoms with Gasteiger partial charge in [0.05, 0.1) is 11.9 Å². The largest absolute Gasteiger partial charge is 0.352 e. The molecule has 1 aliphatic heterocycles. The zero-order chi connectivity index (χ0) is 16.8. The third-order valence-electron chi connectivity index (χ3n) is 4.84. The number of carbonyl (C=O) groups is 1. The maximum atomic E-state index is 12.2. The fourth-order valence-electron chi connectivity index (χ4n) is 3.32. The number of halogens is 1. The second-order valence-corrected chi connectivity index (χ2v) is 6.67. The van der Waals surface area contributed by atoms with E-state index in [1.54, 1.807) is 0 Å². The topological polar surface area (TPSA) is 59.0 Å². The van der Waals surface area contributed by atoms with Crippen LogP contribution in [0.3, 0.4) is 0 Å². The molecule has 1 saturated heterocycles. The first-order chi connectivity index (χ1) is 11.7. The predicted molar refractivity (Wildman–Crippen MR) is 102 cm³/mol. The fourth-order valence-corrected chi connectivity index (χ4v) is 3.32. The lowest BCUT2D eigenvalue weighted by Gasteiger charge is -2.27. The summed E-state index contributed by atoms with van der Waals surface area (Å²) in [5.74, 6) is 1.24. The van der Waals surface area contributed by atoms with Crippen LogP contribution in [0.15, 0.2) is 42.7 Å². The van der Waals surface area contributed by atoms with Crippen LogP contribution in [-0.2, 0) is 11.3 Å². The van der Waals surface area contributed by atoms with Gasteiger partial charge in [-0.1, -0.05) is 25.1 Å². The predicted octanol–water partition coefficient (Wildman–Crippen LogP) is 2.94. The van der Waals surface area contributed by atoms with Gasteiger partial charge in [0.15, 0.2) is 0 Å². The molecular weight excluding hydrogens is 336 g/mol. The van der Waals surface area contributed by atoms with Crippen molar-refractivity contribution in [2.75, 3.05) is 13.1 Å². The SMILES string of the molecule is CC(CC(=O)NCc1cnn(-c2ccccc2)c1)C1CCNCC1.Cl. The number of hydrogen-bond acceptors (Lipinski definition) is 3. The van der Waals surface area contributed by atoms with Crippen molar-refractivity contribution in [3.8, 4) is 5.69 Å². The minimum absolute atomic E-state index is 0. The summed E-state index contributed by atoms with van der Waals surface area (Å²) in [7, 11) is 0. The molecule has 2 heterocycles. The van der Waals surface area contributed by atoms with E-state index in [-0.39, 0.29) is 18.3 Å². The maximum absolute atomic E-state index is 12.2. The molecular formula is C19H27ClN4O. The normalized spacial score (nSPS) is 16.0. The third-order valence-corrected chi connectivity index (χ3v) is 4.84. The molecule has 5 nitrogen and oxygen atoms in total. The van der Waals surface area contributed by atoms with E-state index >= 15 is 0 Å². The first kappa shape index (κ1) is 19.5. The van der Waals surface area contributed by atoms with Gasteiger partial charge in [0, 0.05) is 24.7 Å². The number of carbonyl (C=O) groups excluding carboxylic acids is 1. The lowest BCUT2D eigenvalue weighted by atomic mass is 9.84. The molecule has 0 bridgehead atoms. The van der Waals surface area contributed by atoms with Gasteiger partial charge in [-0.15, -0.1) is 12.4 Å².